The normalized spacial score (nSPS) is 23.4. The quantitative estimate of drug-likeness (QED) is 0.773. The van der Waals surface area contributed by atoms with E-state index in [2.05, 4.69) is 21.9 Å². The lowest BCUT2D eigenvalue weighted by molar-refractivity contribution is -0.129. The molecule has 2 heterocycles. The third kappa shape index (κ3) is 5.16. The predicted molar refractivity (Wildman–Crippen MR) is 109 cm³/mol. The molecule has 3 rings (SSSR count). The lowest BCUT2D eigenvalue weighted by Crippen LogP contribution is -2.52. The summed E-state index contributed by atoms with van der Waals surface area (Å²) in [4.78, 5) is 18.1. The van der Waals surface area contributed by atoms with Crippen molar-refractivity contribution < 1.29 is 19.7 Å². The van der Waals surface area contributed by atoms with Crippen molar-refractivity contribution in [3.05, 3.63) is 24.3 Å². The number of hydrogen-bond acceptors (Lipinski definition) is 6. The number of aliphatic hydroxyl groups excluding tert-OH is 1. The van der Waals surface area contributed by atoms with Gasteiger partial charge < -0.3 is 24.7 Å². The number of benzene rings is 1. The Morgan fingerprint density at radius 1 is 1.14 bits per heavy atom. The van der Waals surface area contributed by atoms with Crippen LogP contribution in [0.1, 0.15) is 19.8 Å². The molecule has 2 fully saturated rings. The van der Waals surface area contributed by atoms with Crippen molar-refractivity contribution in [1.29, 1.82) is 0 Å². The van der Waals surface area contributed by atoms with Crippen molar-refractivity contribution >= 4 is 11.6 Å². The molecule has 0 bridgehead atoms. The lowest BCUT2D eigenvalue weighted by atomic mass is 9.90. The number of amides is 1. The fourth-order valence-electron chi connectivity index (χ4n) is 4.27. The number of methoxy groups -OCH3 is 1. The standard InChI is InChI=1S/C21H33N3O4/c1-17(26)24-12-11-22(13-18(14-24)15-25)16-21(27)7-9-23(10-8-21)19-3-5-20(28-2)6-4-19/h3-6,18,25,27H,7-16H2,1-2H3/t18-/m0/s1. The van der Waals surface area contributed by atoms with Crippen molar-refractivity contribution in [2.45, 2.75) is 25.4 Å². The first-order valence-corrected chi connectivity index (χ1v) is 10.1. The van der Waals surface area contributed by atoms with Crippen molar-refractivity contribution in [1.82, 2.24) is 9.80 Å². The van der Waals surface area contributed by atoms with Gasteiger partial charge in [-0.1, -0.05) is 0 Å². The van der Waals surface area contributed by atoms with Crippen LogP contribution in [0.4, 0.5) is 5.69 Å². The third-order valence-electron chi connectivity index (χ3n) is 6.03. The van der Waals surface area contributed by atoms with E-state index in [1.165, 1.54) is 0 Å². The molecule has 1 atom stereocenters. The van der Waals surface area contributed by atoms with Crippen LogP contribution in [0.5, 0.6) is 5.75 Å². The maximum absolute atomic E-state index is 11.7. The minimum absolute atomic E-state index is 0.0365. The van der Waals surface area contributed by atoms with Gasteiger partial charge in [0.25, 0.3) is 0 Å². The molecule has 0 unspecified atom stereocenters. The van der Waals surface area contributed by atoms with E-state index in [9.17, 15) is 15.0 Å². The van der Waals surface area contributed by atoms with Crippen LogP contribution < -0.4 is 9.64 Å². The van der Waals surface area contributed by atoms with E-state index in [4.69, 9.17) is 4.74 Å². The minimum atomic E-state index is -0.728. The first kappa shape index (κ1) is 20.9. The van der Waals surface area contributed by atoms with Gasteiger partial charge in [0, 0.05) is 70.9 Å². The zero-order chi connectivity index (χ0) is 20.1. The van der Waals surface area contributed by atoms with Gasteiger partial charge in [0.1, 0.15) is 5.75 Å². The summed E-state index contributed by atoms with van der Waals surface area (Å²) in [6, 6.07) is 8.03. The summed E-state index contributed by atoms with van der Waals surface area (Å²) in [6.07, 6.45) is 1.41. The third-order valence-corrected chi connectivity index (χ3v) is 6.03. The molecule has 0 saturated carbocycles. The van der Waals surface area contributed by atoms with Crippen LogP contribution in [0.2, 0.25) is 0 Å². The second kappa shape index (κ2) is 9.11. The Kier molecular flexibility index (Phi) is 6.80. The highest BCUT2D eigenvalue weighted by Gasteiger charge is 2.35. The van der Waals surface area contributed by atoms with Crippen LogP contribution in [0.3, 0.4) is 0 Å². The number of carbonyl (C=O) groups excluding carboxylic acids is 1. The average molecular weight is 392 g/mol. The lowest BCUT2D eigenvalue weighted by Gasteiger charge is -2.42. The highest BCUT2D eigenvalue weighted by molar-refractivity contribution is 5.73. The number of carbonyl (C=O) groups is 1. The molecular formula is C21H33N3O4. The summed E-state index contributed by atoms with van der Waals surface area (Å²) < 4.78 is 5.22. The Labute approximate surface area is 167 Å². The van der Waals surface area contributed by atoms with Crippen LogP contribution >= 0.6 is 0 Å². The molecule has 7 heteroatoms. The Morgan fingerprint density at radius 2 is 1.82 bits per heavy atom. The minimum Gasteiger partial charge on any atom is -0.497 e. The zero-order valence-corrected chi connectivity index (χ0v) is 17.0. The maximum atomic E-state index is 11.7. The van der Waals surface area contributed by atoms with Gasteiger partial charge in [0.2, 0.25) is 5.91 Å². The van der Waals surface area contributed by atoms with Crippen LogP contribution in [0.15, 0.2) is 24.3 Å². The molecule has 2 saturated heterocycles. The zero-order valence-electron chi connectivity index (χ0n) is 17.0. The van der Waals surface area contributed by atoms with E-state index >= 15 is 0 Å². The van der Waals surface area contributed by atoms with E-state index in [1.54, 1.807) is 18.9 Å². The van der Waals surface area contributed by atoms with Crippen molar-refractivity contribution in [2.24, 2.45) is 5.92 Å². The number of β-amino-alcohol motifs (C(OH)–C–C–N with tert-alkyl or cyclic N) is 1. The number of anilines is 1. The summed E-state index contributed by atoms with van der Waals surface area (Å²) in [5.41, 5.74) is 0.420. The van der Waals surface area contributed by atoms with E-state index in [1.807, 2.05) is 12.1 Å². The summed E-state index contributed by atoms with van der Waals surface area (Å²) in [5, 5.41) is 20.8. The summed E-state index contributed by atoms with van der Waals surface area (Å²) in [6.45, 7) is 6.53. The molecular weight excluding hydrogens is 358 g/mol. The topological polar surface area (TPSA) is 76.5 Å². The van der Waals surface area contributed by atoms with E-state index in [0.717, 1.165) is 31.1 Å². The van der Waals surface area contributed by atoms with Gasteiger partial charge in [-0.05, 0) is 37.1 Å². The van der Waals surface area contributed by atoms with E-state index in [-0.39, 0.29) is 18.4 Å². The smallest absolute Gasteiger partial charge is 0.219 e. The second-order valence-electron chi connectivity index (χ2n) is 8.16. The maximum Gasteiger partial charge on any atom is 0.219 e. The molecule has 2 aliphatic rings. The second-order valence-corrected chi connectivity index (χ2v) is 8.16. The highest BCUT2D eigenvalue weighted by Crippen LogP contribution is 2.29. The predicted octanol–water partition coefficient (Wildman–Crippen LogP) is 0.799. The molecule has 2 aliphatic heterocycles. The van der Waals surface area contributed by atoms with E-state index < -0.39 is 5.60 Å². The molecule has 7 nitrogen and oxygen atoms in total. The Hall–Kier alpha value is -1.83. The van der Waals surface area contributed by atoms with E-state index in [0.29, 0.717) is 39.0 Å². The molecule has 0 aromatic heterocycles. The number of rotatable bonds is 5. The van der Waals surface area contributed by atoms with Crippen LogP contribution in [-0.4, -0.2) is 91.1 Å². The monoisotopic (exact) mass is 391 g/mol. The molecule has 1 aromatic carbocycles. The van der Waals surface area contributed by atoms with Gasteiger partial charge in [0.15, 0.2) is 0 Å². The first-order chi connectivity index (χ1) is 13.4. The number of piperidine rings is 1. The molecule has 0 radical (unpaired) electrons. The van der Waals surface area contributed by atoms with Gasteiger partial charge in [-0.3, -0.25) is 9.69 Å². The molecule has 156 valence electrons. The van der Waals surface area contributed by atoms with Gasteiger partial charge in [-0.15, -0.1) is 0 Å². The van der Waals surface area contributed by atoms with Gasteiger partial charge in [-0.25, -0.2) is 0 Å². The molecule has 0 spiro atoms. The summed E-state index contributed by atoms with van der Waals surface area (Å²) >= 11 is 0. The van der Waals surface area contributed by atoms with Crippen molar-refractivity contribution in [2.75, 3.05) is 64.4 Å². The van der Waals surface area contributed by atoms with Crippen LogP contribution in [-0.2, 0) is 4.79 Å². The molecule has 0 aliphatic carbocycles. The van der Waals surface area contributed by atoms with Gasteiger partial charge >= 0.3 is 0 Å². The number of ether oxygens (including phenoxy) is 1. The molecule has 28 heavy (non-hydrogen) atoms. The molecule has 1 amide bonds. The largest absolute Gasteiger partial charge is 0.497 e. The van der Waals surface area contributed by atoms with Gasteiger partial charge in [-0.2, -0.15) is 0 Å². The first-order valence-electron chi connectivity index (χ1n) is 10.1. The Morgan fingerprint density at radius 3 is 2.39 bits per heavy atom. The van der Waals surface area contributed by atoms with Crippen LogP contribution in [0.25, 0.3) is 0 Å². The molecule has 2 N–H and O–H groups in total. The number of aliphatic hydroxyl groups is 2. The number of hydrogen-bond donors (Lipinski definition) is 2. The Balaban J connectivity index is 1.56. The SMILES string of the molecule is COc1ccc(N2CCC(O)(CN3CCN(C(C)=O)C[C@@H](CO)C3)CC2)cc1. The Bertz CT molecular complexity index is 644. The highest BCUT2D eigenvalue weighted by atomic mass is 16.5. The summed E-state index contributed by atoms with van der Waals surface area (Å²) in [5.74, 6) is 0.928. The molecule has 1 aromatic rings. The van der Waals surface area contributed by atoms with Crippen molar-refractivity contribution in [3.8, 4) is 5.75 Å². The van der Waals surface area contributed by atoms with Gasteiger partial charge in [0.05, 0.1) is 12.7 Å². The fraction of sp³-hybridized carbons (Fsp3) is 0.667. The van der Waals surface area contributed by atoms with Crippen LogP contribution in [0, 0.1) is 5.92 Å². The van der Waals surface area contributed by atoms with Crippen molar-refractivity contribution in [3.63, 3.8) is 0 Å². The average Bonchev–Trinajstić information content (AvgIpc) is 2.91. The summed E-state index contributed by atoms with van der Waals surface area (Å²) in [7, 11) is 1.66. The fourth-order valence-corrected chi connectivity index (χ4v) is 4.27. The number of nitrogens with zero attached hydrogens (tertiary/aromatic N) is 3.